The van der Waals surface area contributed by atoms with Crippen LogP contribution in [0.5, 0.6) is 0 Å². The van der Waals surface area contributed by atoms with E-state index >= 15 is 0 Å². The summed E-state index contributed by atoms with van der Waals surface area (Å²) in [5.74, 6) is 0.566. The smallest absolute Gasteiger partial charge is 0.320 e. The van der Waals surface area contributed by atoms with Crippen LogP contribution in [0.3, 0.4) is 0 Å². The normalized spacial score (nSPS) is 29.0. The Bertz CT molecular complexity index is 789. The molecular formula is C20H25ClN4O3. The summed E-state index contributed by atoms with van der Waals surface area (Å²) in [5.41, 5.74) is 1.51. The van der Waals surface area contributed by atoms with Crippen molar-refractivity contribution in [2.24, 2.45) is 11.3 Å². The zero-order valence-electron chi connectivity index (χ0n) is 15.8. The summed E-state index contributed by atoms with van der Waals surface area (Å²) in [6.45, 7) is 3.08. The van der Waals surface area contributed by atoms with E-state index in [-0.39, 0.29) is 30.7 Å². The summed E-state index contributed by atoms with van der Waals surface area (Å²) < 4.78 is 5.57. The molecule has 5 rings (SSSR count). The van der Waals surface area contributed by atoms with E-state index in [1.54, 1.807) is 6.20 Å². The molecule has 0 bridgehead atoms. The lowest BCUT2D eigenvalue weighted by Crippen LogP contribution is -2.68. The van der Waals surface area contributed by atoms with Gasteiger partial charge in [0, 0.05) is 44.0 Å². The van der Waals surface area contributed by atoms with Gasteiger partial charge in [0.05, 0.1) is 17.2 Å². The molecule has 2 atom stereocenters. The molecule has 150 valence electrons. The third-order valence-electron chi connectivity index (χ3n) is 6.65. The Morgan fingerprint density at radius 2 is 2.14 bits per heavy atom. The van der Waals surface area contributed by atoms with Crippen LogP contribution in [0.15, 0.2) is 18.5 Å². The van der Waals surface area contributed by atoms with Gasteiger partial charge in [0.15, 0.2) is 0 Å². The molecular weight excluding hydrogens is 380 g/mol. The van der Waals surface area contributed by atoms with Gasteiger partial charge in [-0.15, -0.1) is 0 Å². The first-order valence-electron chi connectivity index (χ1n) is 10.0. The maximum atomic E-state index is 12.8. The second-order valence-corrected chi connectivity index (χ2v) is 9.32. The maximum absolute atomic E-state index is 12.8. The highest BCUT2D eigenvalue weighted by Crippen LogP contribution is 2.53. The van der Waals surface area contributed by atoms with E-state index in [1.165, 1.54) is 5.56 Å². The molecule has 3 amide bonds. The Morgan fingerprint density at radius 3 is 2.93 bits per heavy atom. The van der Waals surface area contributed by atoms with Crippen molar-refractivity contribution in [1.29, 1.82) is 0 Å². The number of amides is 3. The van der Waals surface area contributed by atoms with Gasteiger partial charge in [-0.25, -0.2) is 4.79 Å². The number of piperidine rings is 1. The molecule has 0 aromatic carbocycles. The number of hydrogen-bond acceptors (Lipinski definition) is 4. The second-order valence-electron chi connectivity index (χ2n) is 8.89. The number of halogens is 1. The number of carbonyl (C=O) groups is 2. The van der Waals surface area contributed by atoms with E-state index < -0.39 is 0 Å². The predicted molar refractivity (Wildman–Crippen MR) is 103 cm³/mol. The van der Waals surface area contributed by atoms with Gasteiger partial charge < -0.3 is 19.9 Å². The molecule has 8 heteroatoms. The van der Waals surface area contributed by atoms with E-state index in [0.717, 1.165) is 38.8 Å². The van der Waals surface area contributed by atoms with Crippen LogP contribution in [0.4, 0.5) is 4.79 Å². The average molecular weight is 405 g/mol. The molecule has 7 nitrogen and oxygen atoms in total. The zero-order valence-corrected chi connectivity index (χ0v) is 16.5. The van der Waals surface area contributed by atoms with Crippen molar-refractivity contribution in [2.75, 3.05) is 32.8 Å². The van der Waals surface area contributed by atoms with Crippen LogP contribution in [-0.4, -0.2) is 71.7 Å². The minimum atomic E-state index is -0.0890. The van der Waals surface area contributed by atoms with Gasteiger partial charge in [0.1, 0.15) is 6.61 Å². The van der Waals surface area contributed by atoms with Gasteiger partial charge in [-0.3, -0.25) is 9.78 Å². The Balaban J connectivity index is 1.10. The van der Waals surface area contributed by atoms with Crippen LogP contribution in [0.25, 0.3) is 0 Å². The number of urea groups is 1. The van der Waals surface area contributed by atoms with Crippen LogP contribution < -0.4 is 5.32 Å². The molecule has 4 fully saturated rings. The summed E-state index contributed by atoms with van der Waals surface area (Å²) in [5, 5.41) is 3.65. The standard InChI is InChI=1S/C20H25ClN4O3/c21-15-4-13(7-22-8-15)3-14-5-20(6-14)11-25(12-20)19(27)24-2-1-17-16(9-24)23-18(26)10-28-17/h4,7-8,14,16-17H,1-3,5-6,9-12H2,(H,23,26)/t16-,17+/m0/s1. The first-order chi connectivity index (χ1) is 13.5. The SMILES string of the molecule is O=C1CO[C@@H]2CCN(C(=O)N3CC4(CC(Cc5cncc(Cl)c5)C4)C3)C[C@@H]2N1. The Labute approximate surface area is 169 Å². The van der Waals surface area contributed by atoms with E-state index in [2.05, 4.69) is 10.3 Å². The summed E-state index contributed by atoms with van der Waals surface area (Å²) in [7, 11) is 0. The van der Waals surface area contributed by atoms with Gasteiger partial charge in [-0.2, -0.15) is 0 Å². The Kier molecular flexibility index (Phi) is 4.47. The van der Waals surface area contributed by atoms with E-state index in [9.17, 15) is 9.59 Å². The van der Waals surface area contributed by atoms with Crippen LogP contribution in [0.1, 0.15) is 24.8 Å². The lowest BCUT2D eigenvalue weighted by molar-refractivity contribution is -0.140. The number of aromatic nitrogens is 1. The molecule has 4 aliphatic rings. The highest BCUT2D eigenvalue weighted by Gasteiger charge is 2.54. The largest absolute Gasteiger partial charge is 0.366 e. The number of hydrogen-bond donors (Lipinski definition) is 1. The quantitative estimate of drug-likeness (QED) is 0.814. The fourth-order valence-corrected chi connectivity index (χ4v) is 5.64. The molecule has 1 N–H and O–H groups in total. The molecule has 1 spiro atoms. The van der Waals surface area contributed by atoms with Crippen LogP contribution in [0, 0.1) is 11.3 Å². The molecule has 3 aliphatic heterocycles. The third-order valence-corrected chi connectivity index (χ3v) is 6.85. The molecule has 0 radical (unpaired) electrons. The number of nitrogens with one attached hydrogen (secondary N) is 1. The zero-order chi connectivity index (χ0) is 19.3. The van der Waals surface area contributed by atoms with Crippen molar-refractivity contribution in [2.45, 2.75) is 37.8 Å². The summed E-state index contributed by atoms with van der Waals surface area (Å²) in [4.78, 5) is 32.4. The molecule has 1 saturated carbocycles. The third kappa shape index (κ3) is 3.35. The van der Waals surface area contributed by atoms with Gasteiger partial charge in [-0.05, 0) is 43.2 Å². The van der Waals surface area contributed by atoms with E-state index in [4.69, 9.17) is 16.3 Å². The Hall–Kier alpha value is -1.86. The van der Waals surface area contributed by atoms with Crippen LogP contribution in [0.2, 0.25) is 5.02 Å². The fourth-order valence-electron chi connectivity index (χ4n) is 5.44. The van der Waals surface area contributed by atoms with Crippen molar-refractivity contribution in [1.82, 2.24) is 20.1 Å². The van der Waals surface area contributed by atoms with E-state index in [1.807, 2.05) is 22.1 Å². The molecule has 4 heterocycles. The topological polar surface area (TPSA) is 74.8 Å². The summed E-state index contributed by atoms with van der Waals surface area (Å²) in [6.07, 6.45) is 7.72. The number of rotatable bonds is 2. The molecule has 1 aromatic heterocycles. The minimum Gasteiger partial charge on any atom is -0.366 e. The van der Waals surface area contributed by atoms with Gasteiger partial charge >= 0.3 is 6.03 Å². The number of pyridine rings is 1. The van der Waals surface area contributed by atoms with Gasteiger partial charge in [0.2, 0.25) is 5.91 Å². The lowest BCUT2D eigenvalue weighted by Gasteiger charge is -2.60. The number of carbonyl (C=O) groups excluding carboxylic acids is 2. The van der Waals surface area contributed by atoms with E-state index in [0.29, 0.717) is 29.4 Å². The number of nitrogens with zero attached hydrogens (tertiary/aromatic N) is 3. The minimum absolute atomic E-state index is 0.0397. The van der Waals surface area contributed by atoms with Gasteiger partial charge in [-0.1, -0.05) is 11.6 Å². The van der Waals surface area contributed by atoms with Crippen LogP contribution >= 0.6 is 11.6 Å². The fraction of sp³-hybridized carbons (Fsp3) is 0.650. The van der Waals surface area contributed by atoms with Crippen molar-refractivity contribution >= 4 is 23.5 Å². The first-order valence-corrected chi connectivity index (χ1v) is 10.4. The number of ether oxygens (including phenoxy) is 1. The number of likely N-dealkylation sites (tertiary alicyclic amines) is 2. The van der Waals surface area contributed by atoms with Crippen molar-refractivity contribution in [3.05, 3.63) is 29.0 Å². The van der Waals surface area contributed by atoms with Crippen LogP contribution in [-0.2, 0) is 16.0 Å². The summed E-state index contributed by atoms with van der Waals surface area (Å²) in [6, 6.07) is 2.02. The molecule has 0 unspecified atom stereocenters. The van der Waals surface area contributed by atoms with Gasteiger partial charge in [0.25, 0.3) is 0 Å². The maximum Gasteiger partial charge on any atom is 0.320 e. The molecule has 1 aliphatic carbocycles. The highest BCUT2D eigenvalue weighted by molar-refractivity contribution is 6.30. The van der Waals surface area contributed by atoms with Crippen molar-refractivity contribution < 1.29 is 14.3 Å². The number of fused-ring (bicyclic) bond motifs is 1. The molecule has 1 aromatic rings. The average Bonchev–Trinajstić information content (AvgIpc) is 2.61. The number of morpholine rings is 1. The van der Waals surface area contributed by atoms with Crippen molar-refractivity contribution in [3.63, 3.8) is 0 Å². The molecule has 28 heavy (non-hydrogen) atoms. The van der Waals surface area contributed by atoms with Crippen molar-refractivity contribution in [3.8, 4) is 0 Å². The summed E-state index contributed by atoms with van der Waals surface area (Å²) >= 11 is 6.02. The predicted octanol–water partition coefficient (Wildman–Crippen LogP) is 1.70. The lowest BCUT2D eigenvalue weighted by atomic mass is 9.56. The monoisotopic (exact) mass is 404 g/mol. The molecule has 3 saturated heterocycles. The first kappa shape index (κ1) is 18.2. The highest BCUT2D eigenvalue weighted by atomic mass is 35.5. The second kappa shape index (κ2) is 6.88. The Morgan fingerprint density at radius 1 is 1.32 bits per heavy atom.